The van der Waals surface area contributed by atoms with E-state index >= 15 is 0 Å². The van der Waals surface area contributed by atoms with Crippen LogP contribution >= 0.6 is 0 Å². The van der Waals surface area contributed by atoms with Crippen molar-refractivity contribution in [1.82, 2.24) is 5.32 Å². The quantitative estimate of drug-likeness (QED) is 0.589. The van der Waals surface area contributed by atoms with Crippen molar-refractivity contribution in [3.63, 3.8) is 0 Å². The van der Waals surface area contributed by atoms with Crippen molar-refractivity contribution in [1.29, 1.82) is 0 Å². The van der Waals surface area contributed by atoms with Crippen LogP contribution in [0.25, 0.3) is 0 Å². The van der Waals surface area contributed by atoms with E-state index in [1.807, 2.05) is 12.2 Å². The minimum atomic E-state index is -0.765. The Morgan fingerprint density at radius 1 is 1.12 bits per heavy atom. The maximum absolute atomic E-state index is 8.97. The van der Waals surface area contributed by atoms with Crippen LogP contribution in [0.4, 0.5) is 0 Å². The van der Waals surface area contributed by atoms with Gasteiger partial charge in [-0.15, -0.1) is 0 Å². The number of ether oxygens (including phenoxy) is 2. The van der Waals surface area contributed by atoms with Gasteiger partial charge in [-0.2, -0.15) is 0 Å². The lowest BCUT2D eigenvalue weighted by Crippen LogP contribution is -2.37. The zero-order valence-electron chi connectivity index (χ0n) is 15.3. The molecule has 25 heavy (non-hydrogen) atoms. The first kappa shape index (κ1) is 17.9. The molecule has 3 aliphatic rings. The van der Waals surface area contributed by atoms with E-state index < -0.39 is 5.60 Å². The summed E-state index contributed by atoms with van der Waals surface area (Å²) >= 11 is 0. The van der Waals surface area contributed by atoms with E-state index in [-0.39, 0.29) is 12.1 Å². The summed E-state index contributed by atoms with van der Waals surface area (Å²) in [5.41, 5.74) is 1.37. The zero-order chi connectivity index (χ0) is 18.0. The van der Waals surface area contributed by atoms with Crippen molar-refractivity contribution in [2.24, 2.45) is 15.9 Å². The third-order valence-corrected chi connectivity index (χ3v) is 4.75. The van der Waals surface area contributed by atoms with Gasteiger partial charge in [-0.3, -0.25) is 5.26 Å². The Bertz CT molecular complexity index is 634. The predicted molar refractivity (Wildman–Crippen MR) is 95.5 cm³/mol. The first-order chi connectivity index (χ1) is 11.9. The van der Waals surface area contributed by atoms with Crippen molar-refractivity contribution in [2.45, 2.75) is 58.2 Å². The van der Waals surface area contributed by atoms with Gasteiger partial charge >= 0.3 is 0 Å². The molecule has 2 atom stereocenters. The highest BCUT2D eigenvalue weighted by molar-refractivity contribution is 5.91. The predicted octanol–water partition coefficient (Wildman–Crippen LogP) is 2.66. The lowest BCUT2D eigenvalue weighted by Gasteiger charge is -2.23. The molecule has 0 spiro atoms. The Labute approximate surface area is 148 Å². The van der Waals surface area contributed by atoms with Gasteiger partial charge in [0.2, 0.25) is 11.8 Å². The molecule has 3 aliphatic heterocycles. The molecule has 0 saturated carbocycles. The molecule has 7 nitrogen and oxygen atoms in total. The molecule has 0 aromatic carbocycles. The van der Waals surface area contributed by atoms with Gasteiger partial charge in [0.05, 0.1) is 6.04 Å². The van der Waals surface area contributed by atoms with E-state index in [1.165, 1.54) is 0 Å². The second kappa shape index (κ2) is 7.17. The SMILES string of the molecule is CC(C)[C@H]1COC(/C=C2/CC/C(=C/C3=N[C@@H](C(C)(C)OO)CO3)N2)=N1. The van der Waals surface area contributed by atoms with E-state index in [4.69, 9.17) is 14.7 Å². The lowest BCUT2D eigenvalue weighted by molar-refractivity contribution is -0.317. The summed E-state index contributed by atoms with van der Waals surface area (Å²) in [6, 6.07) is 0.0218. The van der Waals surface area contributed by atoms with Gasteiger partial charge < -0.3 is 14.8 Å². The molecular formula is C18H27N3O4. The fourth-order valence-electron chi connectivity index (χ4n) is 2.83. The molecule has 0 amide bonds. The van der Waals surface area contributed by atoms with Crippen molar-refractivity contribution in [3.8, 4) is 0 Å². The third-order valence-electron chi connectivity index (χ3n) is 4.75. The molecule has 1 fully saturated rings. The van der Waals surface area contributed by atoms with Crippen LogP contribution in [0.3, 0.4) is 0 Å². The monoisotopic (exact) mass is 349 g/mol. The van der Waals surface area contributed by atoms with Gasteiger partial charge in [0.25, 0.3) is 0 Å². The zero-order valence-corrected chi connectivity index (χ0v) is 15.3. The van der Waals surface area contributed by atoms with E-state index in [0.717, 1.165) is 24.2 Å². The van der Waals surface area contributed by atoms with E-state index in [1.54, 1.807) is 13.8 Å². The molecule has 3 rings (SSSR count). The highest BCUT2D eigenvalue weighted by Crippen LogP contribution is 2.24. The van der Waals surface area contributed by atoms with Crippen LogP contribution in [0.15, 0.2) is 33.5 Å². The minimum Gasteiger partial charge on any atom is -0.476 e. The highest BCUT2D eigenvalue weighted by Gasteiger charge is 2.35. The summed E-state index contributed by atoms with van der Waals surface area (Å²) in [6.45, 7) is 8.93. The number of aliphatic imine (C=N–C) groups is 2. The normalized spacial score (nSPS) is 29.7. The lowest BCUT2D eigenvalue weighted by atomic mass is 10.0. The molecule has 0 unspecified atom stereocenters. The third kappa shape index (κ3) is 4.22. The van der Waals surface area contributed by atoms with Gasteiger partial charge in [-0.05, 0) is 32.6 Å². The van der Waals surface area contributed by atoms with Crippen LogP contribution in [-0.2, 0) is 14.4 Å². The molecule has 0 aromatic heterocycles. The van der Waals surface area contributed by atoms with Crippen LogP contribution < -0.4 is 5.32 Å². The summed E-state index contributed by atoms with van der Waals surface area (Å²) in [5.74, 6) is 1.76. The molecule has 7 heteroatoms. The van der Waals surface area contributed by atoms with Crippen molar-refractivity contribution < 1.29 is 19.6 Å². The minimum absolute atomic E-state index is 0.227. The van der Waals surface area contributed by atoms with Crippen molar-refractivity contribution in [3.05, 3.63) is 23.5 Å². The molecule has 2 N–H and O–H groups in total. The van der Waals surface area contributed by atoms with E-state index in [9.17, 15) is 0 Å². The largest absolute Gasteiger partial charge is 0.476 e. The van der Waals surface area contributed by atoms with Crippen molar-refractivity contribution in [2.75, 3.05) is 13.2 Å². The van der Waals surface area contributed by atoms with Gasteiger partial charge in [-0.25, -0.2) is 14.9 Å². The maximum Gasteiger partial charge on any atom is 0.210 e. The van der Waals surface area contributed by atoms with Crippen LogP contribution in [0, 0.1) is 5.92 Å². The number of nitrogens with one attached hydrogen (secondary N) is 1. The summed E-state index contributed by atoms with van der Waals surface area (Å²) in [4.78, 5) is 13.6. The first-order valence-corrected chi connectivity index (χ1v) is 8.79. The summed E-state index contributed by atoms with van der Waals surface area (Å²) in [6.07, 6.45) is 5.68. The fourth-order valence-corrected chi connectivity index (χ4v) is 2.83. The molecule has 1 saturated heterocycles. The number of nitrogens with zero attached hydrogens (tertiary/aromatic N) is 2. The second-order valence-corrected chi connectivity index (χ2v) is 7.54. The Kier molecular flexibility index (Phi) is 5.15. The van der Waals surface area contributed by atoms with Crippen molar-refractivity contribution >= 4 is 11.8 Å². The Morgan fingerprint density at radius 3 is 2.28 bits per heavy atom. The fraction of sp³-hybridized carbons (Fsp3) is 0.667. The maximum atomic E-state index is 8.97. The second-order valence-electron chi connectivity index (χ2n) is 7.54. The first-order valence-electron chi connectivity index (χ1n) is 8.79. The molecule has 138 valence electrons. The van der Waals surface area contributed by atoms with Crippen LogP contribution in [0.2, 0.25) is 0 Å². The van der Waals surface area contributed by atoms with Gasteiger partial charge in [0.1, 0.15) is 24.9 Å². The molecule has 0 bridgehead atoms. The smallest absolute Gasteiger partial charge is 0.210 e. The number of hydrogen-bond donors (Lipinski definition) is 2. The molecular weight excluding hydrogens is 322 g/mol. The van der Waals surface area contributed by atoms with Crippen LogP contribution in [0.5, 0.6) is 0 Å². The Hall–Kier alpha value is -1.86. The van der Waals surface area contributed by atoms with Crippen LogP contribution in [-0.4, -0.2) is 48.0 Å². The highest BCUT2D eigenvalue weighted by atomic mass is 17.1. The average Bonchev–Trinajstić information content (AvgIpc) is 3.29. The van der Waals surface area contributed by atoms with Gasteiger partial charge in [0, 0.05) is 23.5 Å². The standard InChI is InChI=1S/C18H27N3O4/c1-11(2)14-9-23-16(20-14)7-12-5-6-13(19-12)8-17-21-15(10-24-17)18(3,4)25-22/h7-8,11,14-15,19,22H,5-6,9-10H2,1-4H3/b12-7-,13-8-/t14-,15-/m1/s1. The number of rotatable bonds is 5. The van der Waals surface area contributed by atoms with Gasteiger partial charge in [0.15, 0.2) is 0 Å². The summed E-state index contributed by atoms with van der Waals surface area (Å²) in [7, 11) is 0. The number of hydrogen-bond acceptors (Lipinski definition) is 7. The van der Waals surface area contributed by atoms with E-state index in [2.05, 4.69) is 34.0 Å². The van der Waals surface area contributed by atoms with E-state index in [0.29, 0.717) is 30.9 Å². The number of allylic oxidation sites excluding steroid dienone is 2. The topological polar surface area (TPSA) is 84.7 Å². The molecule has 0 aliphatic carbocycles. The molecule has 0 aromatic rings. The molecule has 3 heterocycles. The Balaban J connectivity index is 1.62. The molecule has 0 radical (unpaired) electrons. The van der Waals surface area contributed by atoms with Gasteiger partial charge in [-0.1, -0.05) is 13.8 Å². The summed E-state index contributed by atoms with van der Waals surface area (Å²) < 4.78 is 11.2. The Morgan fingerprint density at radius 2 is 1.72 bits per heavy atom. The summed E-state index contributed by atoms with van der Waals surface area (Å²) in [5, 5.41) is 12.3. The average molecular weight is 349 g/mol. The van der Waals surface area contributed by atoms with Crippen LogP contribution in [0.1, 0.15) is 40.5 Å².